The quantitative estimate of drug-likeness (QED) is 0.172. The molecule has 54 heavy (non-hydrogen) atoms. The van der Waals surface area contributed by atoms with Gasteiger partial charge in [0.1, 0.15) is 5.52 Å². The number of amides is 1. The lowest BCUT2D eigenvalue weighted by Crippen LogP contribution is -2.45. The number of aromatic nitrogens is 4. The number of nitrogens with one attached hydrogen (secondary N) is 1. The summed E-state index contributed by atoms with van der Waals surface area (Å²) in [7, 11) is 1.60. The molecule has 5 aromatic rings. The van der Waals surface area contributed by atoms with Crippen molar-refractivity contribution >= 4 is 56.9 Å². The molecule has 0 radical (unpaired) electrons. The highest BCUT2D eigenvalue weighted by molar-refractivity contribution is 6.43. The molecule has 10 nitrogen and oxygen atoms in total. The van der Waals surface area contributed by atoms with E-state index in [1.807, 2.05) is 13.0 Å². The highest BCUT2D eigenvalue weighted by Crippen LogP contribution is 2.54. The van der Waals surface area contributed by atoms with E-state index in [0.717, 1.165) is 54.5 Å². The molecule has 11 rings (SSSR count). The summed E-state index contributed by atoms with van der Waals surface area (Å²) in [5.74, 6) is 1.43. The van der Waals surface area contributed by atoms with Crippen molar-refractivity contribution in [3.8, 4) is 23.1 Å². The number of likely N-dealkylation sites (tertiary alicyclic amines) is 1. The number of fused-ring (bicyclic) bond motifs is 6. The van der Waals surface area contributed by atoms with Crippen LogP contribution in [0.2, 0.25) is 10.0 Å². The number of methoxy groups -OCH3 is 1. The topological polar surface area (TPSA) is 112 Å². The lowest BCUT2D eigenvalue weighted by molar-refractivity contribution is -0.135. The summed E-state index contributed by atoms with van der Waals surface area (Å²) in [6, 6.07) is 13.7. The van der Waals surface area contributed by atoms with Crippen LogP contribution < -0.4 is 15.0 Å². The number of hydrogen-bond acceptors (Lipinski definition) is 8. The number of carbonyl (C=O) groups is 1. The largest absolute Gasteiger partial charge is 0.481 e. The maximum atomic E-state index is 17.3. The van der Waals surface area contributed by atoms with E-state index in [0.29, 0.717) is 64.4 Å². The van der Waals surface area contributed by atoms with Crippen LogP contribution in [0.4, 0.5) is 10.3 Å². The number of carbonyl (C=O) groups excluding carboxylic acids is 1. The monoisotopic (exact) mass is 764 g/mol. The molecule has 6 atom stereocenters. The maximum absolute atomic E-state index is 17.3. The number of rotatable bonds is 8. The summed E-state index contributed by atoms with van der Waals surface area (Å²) >= 11 is 13.2. The molecule has 2 aliphatic carbocycles. The van der Waals surface area contributed by atoms with Crippen molar-refractivity contribution in [2.75, 3.05) is 31.6 Å². The van der Waals surface area contributed by atoms with Crippen molar-refractivity contribution in [2.24, 2.45) is 17.8 Å². The van der Waals surface area contributed by atoms with Crippen LogP contribution in [0.25, 0.3) is 32.9 Å². The Morgan fingerprint density at radius 3 is 2.70 bits per heavy atom. The molecule has 3 aromatic heterocycles. The number of piperidine rings is 1. The SMILES string of the molecule is COc1ccnc(N2CC3CC(C2)N(C(=O)C2CC2)C3c2cc3c(C)nc4c(F)c(-c5cccc(Cl)c5Cl)c(CCC#N)cc4c3n2C2C3CNC2C3)n1. The molecule has 276 valence electrons. The highest BCUT2D eigenvalue weighted by atomic mass is 35.5. The number of benzene rings is 2. The highest BCUT2D eigenvalue weighted by Gasteiger charge is 2.55. The van der Waals surface area contributed by atoms with Crippen LogP contribution in [-0.2, 0) is 11.2 Å². The van der Waals surface area contributed by atoms with Crippen LogP contribution in [0.15, 0.2) is 42.6 Å². The van der Waals surface area contributed by atoms with Gasteiger partial charge in [-0.2, -0.15) is 10.2 Å². The molecular formula is C41H39Cl2FN8O2. The van der Waals surface area contributed by atoms with Crippen molar-refractivity contribution in [1.82, 2.24) is 29.7 Å². The molecule has 2 aromatic carbocycles. The number of ether oxygens (including phenoxy) is 1. The molecule has 7 heterocycles. The van der Waals surface area contributed by atoms with Crippen molar-refractivity contribution < 1.29 is 13.9 Å². The molecule has 6 unspecified atom stereocenters. The smallest absolute Gasteiger partial charge is 0.228 e. The first-order valence-corrected chi connectivity index (χ1v) is 19.7. The van der Waals surface area contributed by atoms with Crippen molar-refractivity contribution in [3.63, 3.8) is 0 Å². The predicted molar refractivity (Wildman–Crippen MR) is 205 cm³/mol. The molecule has 4 saturated heterocycles. The van der Waals surface area contributed by atoms with E-state index >= 15 is 4.39 Å². The number of nitrogens with zero attached hydrogens (tertiary/aromatic N) is 7. The van der Waals surface area contributed by atoms with Crippen LogP contribution in [0.1, 0.15) is 61.1 Å². The van der Waals surface area contributed by atoms with Gasteiger partial charge in [0.15, 0.2) is 5.82 Å². The Morgan fingerprint density at radius 1 is 1.11 bits per heavy atom. The van der Waals surface area contributed by atoms with Crippen LogP contribution in [0.3, 0.4) is 0 Å². The minimum absolute atomic E-state index is 0.00431. The van der Waals surface area contributed by atoms with E-state index in [1.165, 1.54) is 0 Å². The van der Waals surface area contributed by atoms with Crippen molar-refractivity contribution in [2.45, 2.75) is 69.6 Å². The second kappa shape index (κ2) is 12.8. The van der Waals surface area contributed by atoms with Gasteiger partial charge in [0.05, 0.1) is 46.9 Å². The molecule has 0 spiro atoms. The fraction of sp³-hybridized carbons (Fsp3) is 0.439. The number of hydrogen-bond donors (Lipinski definition) is 1. The minimum atomic E-state index is -0.477. The Morgan fingerprint density at radius 2 is 1.96 bits per heavy atom. The number of pyridine rings is 1. The van der Waals surface area contributed by atoms with E-state index in [9.17, 15) is 10.1 Å². The van der Waals surface area contributed by atoms with E-state index in [2.05, 4.69) is 41.8 Å². The van der Waals surface area contributed by atoms with Crippen LogP contribution >= 0.6 is 23.2 Å². The molecule has 13 heteroatoms. The third kappa shape index (κ3) is 5.13. The number of aryl methyl sites for hydroxylation is 2. The maximum Gasteiger partial charge on any atom is 0.228 e. The summed E-state index contributed by atoms with van der Waals surface area (Å²) in [6.07, 6.45) is 6.05. The number of halogens is 3. The van der Waals surface area contributed by atoms with Gasteiger partial charge in [-0.3, -0.25) is 4.79 Å². The van der Waals surface area contributed by atoms with Gasteiger partial charge in [-0.25, -0.2) is 14.4 Å². The molecule has 1 N–H and O–H groups in total. The Balaban J connectivity index is 1.20. The van der Waals surface area contributed by atoms with Gasteiger partial charge in [0, 0.05) is 89.5 Å². The fourth-order valence-corrected chi connectivity index (χ4v) is 10.5. The van der Waals surface area contributed by atoms with Gasteiger partial charge in [-0.15, -0.1) is 0 Å². The summed E-state index contributed by atoms with van der Waals surface area (Å²) in [5.41, 5.74) is 4.48. The Hall–Kier alpha value is -4.50. The molecule has 4 bridgehead atoms. The second-order valence-electron chi connectivity index (χ2n) is 15.7. The lowest BCUT2D eigenvalue weighted by atomic mass is 9.79. The predicted octanol–water partition coefficient (Wildman–Crippen LogP) is 7.59. The first-order chi connectivity index (χ1) is 26.2. The van der Waals surface area contributed by atoms with Gasteiger partial charge in [0.2, 0.25) is 17.7 Å². The summed E-state index contributed by atoms with van der Waals surface area (Å²) in [5, 5.41) is 15.6. The average Bonchev–Trinajstić information content (AvgIpc) is 3.46. The van der Waals surface area contributed by atoms with Gasteiger partial charge in [-0.05, 0) is 68.7 Å². The molecular weight excluding hydrogens is 726 g/mol. The minimum Gasteiger partial charge on any atom is -0.481 e. The van der Waals surface area contributed by atoms with Crippen molar-refractivity contribution in [3.05, 3.63) is 75.4 Å². The molecule has 2 saturated carbocycles. The van der Waals surface area contributed by atoms with Crippen molar-refractivity contribution in [1.29, 1.82) is 5.26 Å². The molecule has 6 fully saturated rings. The number of nitriles is 1. The lowest BCUT2D eigenvalue weighted by Gasteiger charge is -2.40. The van der Waals surface area contributed by atoms with Gasteiger partial charge in [0.25, 0.3) is 0 Å². The molecule has 4 aliphatic heterocycles. The van der Waals surface area contributed by atoms with Crippen LogP contribution in [-0.4, -0.2) is 69.2 Å². The Bertz CT molecular complexity index is 2410. The van der Waals surface area contributed by atoms with Crippen LogP contribution in [0.5, 0.6) is 5.88 Å². The average molecular weight is 766 g/mol. The van der Waals surface area contributed by atoms with Gasteiger partial charge < -0.3 is 24.4 Å². The van der Waals surface area contributed by atoms with E-state index < -0.39 is 5.82 Å². The standard InChI is InChI=1S/C41H39Cl2FN8O2/c1-20-27-16-31(38-24-13-25(51(38)40(53)21-8-9-21)19-50(18-24)41-46-12-10-32(49-41)54-2)52(37-23-15-30(37)47-17-23)39(27)28-14-22(5-4-11-45)33(35(44)36(28)48-20)26-6-3-7-29(42)34(26)43/h3,6-7,10,12,14,16,21,23-25,30,37-38,47H,4-5,8-9,13,15,17-19H2,1-2H3. The first kappa shape index (κ1) is 34.0. The van der Waals surface area contributed by atoms with E-state index in [-0.39, 0.29) is 58.9 Å². The fourth-order valence-electron chi connectivity index (χ4n) is 10.1. The second-order valence-corrected chi connectivity index (χ2v) is 16.5. The van der Waals surface area contributed by atoms with E-state index in [4.69, 9.17) is 32.9 Å². The zero-order valence-corrected chi connectivity index (χ0v) is 31.5. The van der Waals surface area contributed by atoms with Gasteiger partial charge >= 0.3 is 0 Å². The zero-order valence-electron chi connectivity index (χ0n) is 30.0. The number of anilines is 1. The third-order valence-electron chi connectivity index (χ3n) is 12.6. The third-order valence-corrected chi connectivity index (χ3v) is 13.4. The molecule has 6 aliphatic rings. The van der Waals surface area contributed by atoms with Gasteiger partial charge in [-0.1, -0.05) is 35.3 Å². The zero-order chi connectivity index (χ0) is 37.0. The summed E-state index contributed by atoms with van der Waals surface area (Å²) in [6.45, 7) is 4.19. The Labute approximate surface area is 322 Å². The Kier molecular flexibility index (Phi) is 8.06. The molecule has 1 amide bonds. The van der Waals surface area contributed by atoms with Crippen LogP contribution in [0, 0.1) is 41.8 Å². The summed E-state index contributed by atoms with van der Waals surface area (Å²) < 4.78 is 25.2. The first-order valence-electron chi connectivity index (χ1n) is 18.9. The van der Waals surface area contributed by atoms with E-state index in [1.54, 1.807) is 37.6 Å². The summed E-state index contributed by atoms with van der Waals surface area (Å²) in [4.78, 5) is 33.1. The normalized spacial score (nSPS) is 25.7.